The van der Waals surface area contributed by atoms with Crippen molar-refractivity contribution >= 4 is 11.0 Å². The highest BCUT2D eigenvalue weighted by molar-refractivity contribution is 5.75. The number of aromatic nitrogens is 8. The van der Waals surface area contributed by atoms with Crippen molar-refractivity contribution in [1.82, 2.24) is 39.3 Å². The molecule has 0 fully saturated rings. The Kier molecular flexibility index (Phi) is 2.90. The Labute approximate surface area is 129 Å². The Morgan fingerprint density at radius 1 is 0.913 bits per heavy atom. The van der Waals surface area contributed by atoms with Gasteiger partial charge in [-0.05, 0) is 6.92 Å². The lowest BCUT2D eigenvalue weighted by Crippen LogP contribution is -2.23. The largest absolute Gasteiger partial charge is 0.270 e. The molecule has 0 aliphatic carbocycles. The van der Waals surface area contributed by atoms with E-state index in [9.17, 15) is 4.79 Å². The molecule has 9 heteroatoms. The summed E-state index contributed by atoms with van der Waals surface area (Å²) < 4.78 is 2.88. The van der Waals surface area contributed by atoms with Crippen LogP contribution in [-0.4, -0.2) is 39.3 Å². The van der Waals surface area contributed by atoms with Crippen molar-refractivity contribution in [1.29, 1.82) is 0 Å². The summed E-state index contributed by atoms with van der Waals surface area (Å²) in [6.07, 6.45) is 10.7. The summed E-state index contributed by atoms with van der Waals surface area (Å²) in [6, 6.07) is 0. The summed E-state index contributed by atoms with van der Waals surface area (Å²) >= 11 is 0. The van der Waals surface area contributed by atoms with Crippen molar-refractivity contribution in [3.05, 3.63) is 59.6 Å². The highest BCUT2D eigenvalue weighted by Gasteiger charge is 2.16. The van der Waals surface area contributed by atoms with E-state index in [0.717, 1.165) is 0 Å². The second-order valence-electron chi connectivity index (χ2n) is 4.72. The molecule has 9 nitrogen and oxygen atoms in total. The van der Waals surface area contributed by atoms with Gasteiger partial charge in [0.15, 0.2) is 17.3 Å². The van der Waals surface area contributed by atoms with Gasteiger partial charge in [-0.3, -0.25) is 14.8 Å². The molecule has 0 atom stereocenters. The van der Waals surface area contributed by atoms with Crippen LogP contribution in [0, 0.1) is 6.92 Å². The van der Waals surface area contributed by atoms with Crippen LogP contribution in [0.4, 0.5) is 0 Å². The zero-order valence-corrected chi connectivity index (χ0v) is 12.0. The van der Waals surface area contributed by atoms with Crippen LogP contribution >= 0.6 is 0 Å². The van der Waals surface area contributed by atoms with Crippen LogP contribution in [-0.2, 0) is 0 Å². The van der Waals surface area contributed by atoms with E-state index in [1.165, 1.54) is 27.8 Å². The molecule has 23 heavy (non-hydrogen) atoms. The fourth-order valence-electron chi connectivity index (χ4n) is 2.32. The first-order valence-electron chi connectivity index (χ1n) is 6.76. The summed E-state index contributed by atoms with van der Waals surface area (Å²) in [7, 11) is 0. The quantitative estimate of drug-likeness (QED) is 0.530. The number of fused-ring (bicyclic) bond motifs is 1. The lowest BCUT2D eigenvalue weighted by Gasteiger charge is -2.08. The van der Waals surface area contributed by atoms with Gasteiger partial charge in [0, 0.05) is 24.8 Å². The standard InChI is InChI=1S/C14H10N8O/c1-9-20-13-10(6-19-22(13)12-8-16-3-5-18-12)14(23)21(9)11-7-15-2-4-17-11/h2-8H,1H3. The van der Waals surface area contributed by atoms with Crippen LogP contribution in [0.25, 0.3) is 22.7 Å². The third-order valence-electron chi connectivity index (χ3n) is 3.31. The Morgan fingerprint density at radius 3 is 2.26 bits per heavy atom. The third-order valence-corrected chi connectivity index (χ3v) is 3.31. The normalized spacial score (nSPS) is 11.0. The molecule has 4 aromatic rings. The molecule has 0 radical (unpaired) electrons. The molecule has 4 rings (SSSR count). The molecule has 0 aliphatic rings. The minimum atomic E-state index is -0.261. The second-order valence-corrected chi connectivity index (χ2v) is 4.72. The molecule has 0 N–H and O–H groups in total. The predicted molar refractivity (Wildman–Crippen MR) is 80.4 cm³/mol. The van der Waals surface area contributed by atoms with Gasteiger partial charge in [0.05, 0.1) is 18.6 Å². The van der Waals surface area contributed by atoms with Crippen LogP contribution in [0.5, 0.6) is 0 Å². The van der Waals surface area contributed by atoms with Crippen molar-refractivity contribution in [3.63, 3.8) is 0 Å². The Hall–Kier alpha value is -3.49. The molecule has 0 saturated heterocycles. The van der Waals surface area contributed by atoms with Gasteiger partial charge in [0.25, 0.3) is 5.56 Å². The van der Waals surface area contributed by atoms with Crippen LogP contribution in [0.15, 0.2) is 48.2 Å². The van der Waals surface area contributed by atoms with Gasteiger partial charge in [-0.1, -0.05) is 0 Å². The van der Waals surface area contributed by atoms with E-state index in [4.69, 9.17) is 0 Å². The summed E-state index contributed by atoms with van der Waals surface area (Å²) in [5.74, 6) is 1.39. The maximum atomic E-state index is 12.8. The van der Waals surface area contributed by atoms with E-state index in [0.29, 0.717) is 28.5 Å². The van der Waals surface area contributed by atoms with Gasteiger partial charge < -0.3 is 0 Å². The number of nitrogens with zero attached hydrogens (tertiary/aromatic N) is 8. The minimum absolute atomic E-state index is 0.261. The van der Waals surface area contributed by atoms with Gasteiger partial charge in [0.1, 0.15) is 11.2 Å². The highest BCUT2D eigenvalue weighted by atomic mass is 16.1. The van der Waals surface area contributed by atoms with Gasteiger partial charge in [-0.2, -0.15) is 9.78 Å². The van der Waals surface area contributed by atoms with Gasteiger partial charge >= 0.3 is 0 Å². The first-order valence-corrected chi connectivity index (χ1v) is 6.76. The van der Waals surface area contributed by atoms with E-state index in [2.05, 4.69) is 30.0 Å². The van der Waals surface area contributed by atoms with Crippen LogP contribution in [0.3, 0.4) is 0 Å². The smallest absolute Gasteiger partial charge is 0.268 e. The maximum Gasteiger partial charge on any atom is 0.270 e. The lowest BCUT2D eigenvalue weighted by atomic mass is 10.4. The van der Waals surface area contributed by atoms with Gasteiger partial charge in [0.2, 0.25) is 0 Å². The molecular formula is C14H10N8O. The zero-order valence-electron chi connectivity index (χ0n) is 12.0. The molecule has 0 bridgehead atoms. The first kappa shape index (κ1) is 13.2. The molecule has 0 unspecified atom stereocenters. The molecule has 0 aliphatic heterocycles. The fourth-order valence-corrected chi connectivity index (χ4v) is 2.32. The minimum Gasteiger partial charge on any atom is -0.268 e. The number of aryl methyl sites for hydroxylation is 1. The average Bonchev–Trinajstić information content (AvgIpc) is 3.00. The van der Waals surface area contributed by atoms with Gasteiger partial charge in [-0.25, -0.2) is 19.5 Å². The highest BCUT2D eigenvalue weighted by Crippen LogP contribution is 2.13. The summed E-state index contributed by atoms with van der Waals surface area (Å²) in [5.41, 5.74) is 0.163. The number of hydrogen-bond donors (Lipinski definition) is 0. The SMILES string of the molecule is Cc1nc2c(cnn2-c2cnccn2)c(=O)n1-c1cnccn1. The van der Waals surface area contributed by atoms with Gasteiger partial charge in [-0.15, -0.1) is 0 Å². The van der Waals surface area contributed by atoms with E-state index in [1.54, 1.807) is 31.7 Å². The maximum absolute atomic E-state index is 12.8. The molecular weight excluding hydrogens is 296 g/mol. The van der Waals surface area contributed by atoms with E-state index >= 15 is 0 Å². The fraction of sp³-hybridized carbons (Fsp3) is 0.0714. The molecule has 112 valence electrons. The lowest BCUT2D eigenvalue weighted by molar-refractivity contribution is 0.823. The van der Waals surface area contributed by atoms with Crippen molar-refractivity contribution < 1.29 is 0 Å². The summed E-state index contributed by atoms with van der Waals surface area (Å²) in [5, 5.41) is 4.57. The van der Waals surface area contributed by atoms with E-state index in [1.807, 2.05) is 0 Å². The number of hydrogen-bond acceptors (Lipinski definition) is 7. The van der Waals surface area contributed by atoms with Crippen LogP contribution in [0.2, 0.25) is 0 Å². The Morgan fingerprint density at radius 2 is 1.61 bits per heavy atom. The van der Waals surface area contributed by atoms with Crippen LogP contribution < -0.4 is 5.56 Å². The molecule has 4 heterocycles. The summed E-state index contributed by atoms with van der Waals surface area (Å²) in [6.45, 7) is 1.73. The van der Waals surface area contributed by atoms with E-state index < -0.39 is 0 Å². The molecule has 0 saturated carbocycles. The molecule has 0 spiro atoms. The topological polar surface area (TPSA) is 104 Å². The average molecular weight is 306 g/mol. The first-order chi connectivity index (χ1) is 11.3. The van der Waals surface area contributed by atoms with Crippen molar-refractivity contribution in [2.24, 2.45) is 0 Å². The molecule has 0 amide bonds. The second kappa shape index (κ2) is 5.05. The number of rotatable bonds is 2. The Balaban J connectivity index is 2.00. The predicted octanol–water partition coefficient (Wildman–Crippen LogP) is 0.460. The van der Waals surface area contributed by atoms with Crippen molar-refractivity contribution in [2.45, 2.75) is 6.92 Å². The molecule has 4 aromatic heterocycles. The monoisotopic (exact) mass is 306 g/mol. The molecule has 0 aromatic carbocycles. The zero-order chi connectivity index (χ0) is 15.8. The van der Waals surface area contributed by atoms with E-state index in [-0.39, 0.29) is 5.56 Å². The summed E-state index contributed by atoms with van der Waals surface area (Å²) in [4.78, 5) is 33.6. The third kappa shape index (κ3) is 2.06. The van der Waals surface area contributed by atoms with Crippen molar-refractivity contribution in [2.75, 3.05) is 0 Å². The Bertz CT molecular complexity index is 1040. The van der Waals surface area contributed by atoms with Crippen LogP contribution in [0.1, 0.15) is 5.82 Å². The van der Waals surface area contributed by atoms with Crippen molar-refractivity contribution in [3.8, 4) is 11.6 Å².